The predicted molar refractivity (Wildman–Crippen MR) is 211 cm³/mol. The number of benzene rings is 7. The minimum atomic E-state index is 0.788. The number of aromatic nitrogens is 3. The SMILES string of the molecule is c1ccc(-c2cc3c4ccccc4n(-c4ccccc4)c3cc2-c2cccc3c2c2ccccc2n3-c2cccc3c2oc2cccnc23)cc1. The van der Waals surface area contributed by atoms with Crippen LogP contribution < -0.4 is 0 Å². The average Bonchev–Trinajstić information content (AvgIpc) is 3.86. The van der Waals surface area contributed by atoms with Crippen molar-refractivity contribution in [2.75, 3.05) is 0 Å². The highest BCUT2D eigenvalue weighted by Gasteiger charge is 2.23. The molecule has 0 atom stereocenters. The van der Waals surface area contributed by atoms with Crippen molar-refractivity contribution in [2.45, 2.75) is 0 Å². The lowest BCUT2D eigenvalue weighted by molar-refractivity contribution is 0.665. The molecule has 51 heavy (non-hydrogen) atoms. The summed E-state index contributed by atoms with van der Waals surface area (Å²) in [5.41, 5.74) is 14.0. The van der Waals surface area contributed by atoms with Crippen molar-refractivity contribution in [3.8, 4) is 33.6 Å². The standard InChI is InChI=1S/C47H29N3O/c1-3-14-30(15-4-1)36-28-38-32-18-7-9-22-39(32)49(31-16-5-2-6-17-31)43(38)29-37(36)33-20-11-24-41-45(33)34-19-8-10-23-40(34)50(41)42-25-12-21-35-46-44(51-47(35)42)26-13-27-48-46/h1-29H. The molecule has 238 valence electrons. The second kappa shape index (κ2) is 10.8. The van der Waals surface area contributed by atoms with E-state index in [1.807, 2.05) is 18.3 Å². The molecule has 0 amide bonds. The van der Waals surface area contributed by atoms with E-state index in [9.17, 15) is 0 Å². The van der Waals surface area contributed by atoms with Gasteiger partial charge in [0, 0.05) is 38.8 Å². The fourth-order valence-electron chi connectivity index (χ4n) is 8.23. The Morgan fingerprint density at radius 1 is 0.431 bits per heavy atom. The lowest BCUT2D eigenvalue weighted by Gasteiger charge is -2.15. The van der Waals surface area contributed by atoms with Gasteiger partial charge in [-0.1, -0.05) is 103 Å². The van der Waals surface area contributed by atoms with Gasteiger partial charge in [0.25, 0.3) is 0 Å². The molecule has 4 aromatic heterocycles. The molecule has 4 heteroatoms. The molecule has 0 radical (unpaired) electrons. The summed E-state index contributed by atoms with van der Waals surface area (Å²) in [4.78, 5) is 4.67. The summed E-state index contributed by atoms with van der Waals surface area (Å²) in [7, 11) is 0. The fourth-order valence-corrected chi connectivity index (χ4v) is 8.23. The van der Waals surface area contributed by atoms with Crippen LogP contribution in [0.2, 0.25) is 0 Å². The van der Waals surface area contributed by atoms with E-state index >= 15 is 0 Å². The molecule has 0 aliphatic rings. The van der Waals surface area contributed by atoms with E-state index in [1.165, 1.54) is 54.8 Å². The molecule has 0 aliphatic carbocycles. The van der Waals surface area contributed by atoms with Gasteiger partial charge in [0.1, 0.15) is 5.52 Å². The van der Waals surface area contributed by atoms with Crippen LogP contribution in [0.15, 0.2) is 180 Å². The number of fused-ring (bicyclic) bond motifs is 9. The summed E-state index contributed by atoms with van der Waals surface area (Å²) in [6.07, 6.45) is 1.83. The van der Waals surface area contributed by atoms with E-state index in [1.54, 1.807) is 0 Å². The third-order valence-electron chi connectivity index (χ3n) is 10.4. The van der Waals surface area contributed by atoms with Gasteiger partial charge in [0.15, 0.2) is 11.2 Å². The Morgan fingerprint density at radius 2 is 1.12 bits per heavy atom. The maximum atomic E-state index is 6.54. The molecular formula is C47H29N3O. The lowest BCUT2D eigenvalue weighted by atomic mass is 9.90. The van der Waals surface area contributed by atoms with E-state index in [2.05, 4.69) is 172 Å². The van der Waals surface area contributed by atoms with Gasteiger partial charge < -0.3 is 13.6 Å². The van der Waals surface area contributed by atoms with Crippen LogP contribution >= 0.6 is 0 Å². The molecule has 0 fully saturated rings. The summed E-state index contributed by atoms with van der Waals surface area (Å²) in [6.45, 7) is 0. The maximum absolute atomic E-state index is 6.54. The molecule has 11 rings (SSSR count). The van der Waals surface area contributed by atoms with Gasteiger partial charge in [-0.2, -0.15) is 0 Å². The van der Waals surface area contributed by atoms with E-state index in [-0.39, 0.29) is 0 Å². The smallest absolute Gasteiger partial charge is 0.161 e. The quantitative estimate of drug-likeness (QED) is 0.190. The molecule has 4 heterocycles. The average molecular weight is 652 g/mol. The van der Waals surface area contributed by atoms with Crippen molar-refractivity contribution in [3.05, 3.63) is 176 Å². The van der Waals surface area contributed by atoms with E-state index in [0.29, 0.717) is 0 Å². The zero-order valence-electron chi connectivity index (χ0n) is 27.5. The van der Waals surface area contributed by atoms with Gasteiger partial charge >= 0.3 is 0 Å². The van der Waals surface area contributed by atoms with Crippen LogP contribution in [0.1, 0.15) is 0 Å². The zero-order valence-corrected chi connectivity index (χ0v) is 27.5. The largest absolute Gasteiger partial charge is 0.452 e. The molecule has 4 nitrogen and oxygen atoms in total. The Balaban J connectivity index is 1.28. The normalized spacial score (nSPS) is 11.9. The van der Waals surface area contributed by atoms with Crippen molar-refractivity contribution >= 4 is 65.7 Å². The minimum absolute atomic E-state index is 0.788. The molecular weight excluding hydrogens is 623 g/mol. The summed E-state index contributed by atoms with van der Waals surface area (Å²) >= 11 is 0. The zero-order chi connectivity index (χ0) is 33.5. The number of para-hydroxylation sites is 4. The summed E-state index contributed by atoms with van der Waals surface area (Å²) in [5, 5.41) is 5.88. The Kier molecular flexibility index (Phi) is 5.92. The van der Waals surface area contributed by atoms with Crippen molar-refractivity contribution in [3.63, 3.8) is 0 Å². The summed E-state index contributed by atoms with van der Waals surface area (Å²) in [6, 6.07) is 60.8. The Labute approximate surface area is 293 Å². The summed E-state index contributed by atoms with van der Waals surface area (Å²) in [5.74, 6) is 0. The monoisotopic (exact) mass is 651 g/mol. The Morgan fingerprint density at radius 3 is 1.96 bits per heavy atom. The Hall–Kier alpha value is -6.91. The fraction of sp³-hybridized carbons (Fsp3) is 0. The van der Waals surface area contributed by atoms with E-state index in [0.717, 1.165) is 44.5 Å². The van der Waals surface area contributed by atoms with Crippen LogP contribution in [0, 0.1) is 0 Å². The number of furan rings is 1. The summed E-state index contributed by atoms with van der Waals surface area (Å²) < 4.78 is 11.3. The van der Waals surface area contributed by atoms with Gasteiger partial charge in [-0.3, -0.25) is 4.98 Å². The molecule has 7 aromatic carbocycles. The third kappa shape index (κ3) is 4.05. The molecule has 0 N–H and O–H groups in total. The van der Waals surface area contributed by atoms with Gasteiger partial charge in [0.05, 0.1) is 27.8 Å². The van der Waals surface area contributed by atoms with E-state index in [4.69, 9.17) is 4.42 Å². The topological polar surface area (TPSA) is 35.9 Å². The first-order chi connectivity index (χ1) is 25.3. The maximum Gasteiger partial charge on any atom is 0.161 e. The van der Waals surface area contributed by atoms with Crippen LogP contribution in [-0.2, 0) is 0 Å². The number of rotatable bonds is 4. The predicted octanol–water partition coefficient (Wildman–Crippen LogP) is 12.5. The molecule has 0 saturated carbocycles. The van der Waals surface area contributed by atoms with Gasteiger partial charge in [0.2, 0.25) is 0 Å². The molecule has 0 bridgehead atoms. The van der Waals surface area contributed by atoms with Crippen molar-refractivity contribution in [2.24, 2.45) is 0 Å². The molecule has 0 saturated heterocycles. The first kappa shape index (κ1) is 28.0. The number of pyridine rings is 1. The van der Waals surface area contributed by atoms with Crippen LogP contribution in [0.3, 0.4) is 0 Å². The van der Waals surface area contributed by atoms with Gasteiger partial charge in [-0.25, -0.2) is 0 Å². The second-order valence-corrected chi connectivity index (χ2v) is 13.1. The van der Waals surface area contributed by atoms with Crippen LogP contribution in [0.5, 0.6) is 0 Å². The molecule has 0 unspecified atom stereocenters. The van der Waals surface area contributed by atoms with Crippen LogP contribution in [0.4, 0.5) is 0 Å². The molecule has 11 aromatic rings. The Bertz CT molecular complexity index is 3130. The first-order valence-electron chi connectivity index (χ1n) is 17.3. The first-order valence-corrected chi connectivity index (χ1v) is 17.3. The van der Waals surface area contributed by atoms with Crippen LogP contribution in [0.25, 0.3) is 99.3 Å². The van der Waals surface area contributed by atoms with Crippen molar-refractivity contribution < 1.29 is 4.42 Å². The van der Waals surface area contributed by atoms with Crippen molar-refractivity contribution in [1.82, 2.24) is 14.1 Å². The minimum Gasteiger partial charge on any atom is -0.452 e. The van der Waals surface area contributed by atoms with Gasteiger partial charge in [-0.15, -0.1) is 0 Å². The van der Waals surface area contributed by atoms with E-state index < -0.39 is 0 Å². The van der Waals surface area contributed by atoms with Gasteiger partial charge in [-0.05, 0) is 89.0 Å². The number of nitrogens with zero attached hydrogens (tertiary/aromatic N) is 3. The van der Waals surface area contributed by atoms with Crippen molar-refractivity contribution in [1.29, 1.82) is 0 Å². The number of hydrogen-bond acceptors (Lipinski definition) is 2. The highest BCUT2D eigenvalue weighted by atomic mass is 16.3. The van der Waals surface area contributed by atoms with Crippen LogP contribution in [-0.4, -0.2) is 14.1 Å². The highest BCUT2D eigenvalue weighted by molar-refractivity contribution is 6.20. The third-order valence-corrected chi connectivity index (χ3v) is 10.4. The highest BCUT2D eigenvalue weighted by Crippen LogP contribution is 2.46. The second-order valence-electron chi connectivity index (χ2n) is 13.1. The lowest BCUT2D eigenvalue weighted by Crippen LogP contribution is -1.95. The number of hydrogen-bond donors (Lipinski definition) is 0. The molecule has 0 spiro atoms. The molecule has 0 aliphatic heterocycles.